The number of guanidine groups is 1. The maximum absolute atomic E-state index is 4.76. The highest BCUT2D eigenvalue weighted by atomic mass is 32.2. The summed E-state index contributed by atoms with van der Waals surface area (Å²) in [6.07, 6.45) is 5.52. The second-order valence-electron chi connectivity index (χ2n) is 7.31. The van der Waals surface area contributed by atoms with Gasteiger partial charge in [-0.05, 0) is 45.1 Å². The van der Waals surface area contributed by atoms with E-state index in [0.29, 0.717) is 12.6 Å². The molecule has 1 aliphatic heterocycles. The zero-order valence-corrected chi connectivity index (χ0v) is 18.1. The Labute approximate surface area is 168 Å². The summed E-state index contributed by atoms with van der Waals surface area (Å²) in [7, 11) is 1.98. The van der Waals surface area contributed by atoms with E-state index in [1.165, 1.54) is 5.57 Å². The van der Waals surface area contributed by atoms with Crippen molar-refractivity contribution in [2.24, 2.45) is 12.0 Å². The molecule has 0 aromatic carbocycles. The summed E-state index contributed by atoms with van der Waals surface area (Å²) in [6.45, 7) is 12.8. The Hall–Kier alpha value is -1.54. The van der Waals surface area contributed by atoms with E-state index in [1.807, 2.05) is 30.3 Å². The highest BCUT2D eigenvalue weighted by Gasteiger charge is 2.20. The van der Waals surface area contributed by atoms with E-state index in [-0.39, 0.29) is 0 Å². The summed E-state index contributed by atoms with van der Waals surface area (Å²) < 4.78 is 1.99. The average molecular weight is 394 g/mol. The molecule has 0 bridgehead atoms. The van der Waals surface area contributed by atoms with Crippen molar-refractivity contribution in [2.45, 2.75) is 45.7 Å². The number of rotatable bonds is 9. The SMILES string of the molecule is C=C(C)CN1CCC(NC(=NCc2nnc(C)n2C)NCCCSC)CC1. The molecule has 0 unspecified atom stereocenters. The number of hydrogen-bond acceptors (Lipinski definition) is 5. The van der Waals surface area contributed by atoms with Crippen molar-refractivity contribution in [3.8, 4) is 0 Å². The number of likely N-dealkylation sites (tertiary alicyclic amines) is 1. The van der Waals surface area contributed by atoms with Gasteiger partial charge in [0.2, 0.25) is 0 Å². The number of aromatic nitrogens is 3. The lowest BCUT2D eigenvalue weighted by molar-refractivity contribution is 0.221. The van der Waals surface area contributed by atoms with Crippen molar-refractivity contribution in [3.63, 3.8) is 0 Å². The number of thioether (sulfide) groups is 1. The fourth-order valence-electron chi connectivity index (χ4n) is 3.12. The van der Waals surface area contributed by atoms with E-state index in [4.69, 9.17) is 4.99 Å². The smallest absolute Gasteiger partial charge is 0.191 e. The Kier molecular flexibility index (Phi) is 9.14. The Morgan fingerprint density at radius 3 is 2.67 bits per heavy atom. The number of aliphatic imine (C=N–C) groups is 1. The maximum atomic E-state index is 4.76. The van der Waals surface area contributed by atoms with Gasteiger partial charge >= 0.3 is 0 Å². The van der Waals surface area contributed by atoms with Gasteiger partial charge in [-0.2, -0.15) is 11.8 Å². The van der Waals surface area contributed by atoms with Gasteiger partial charge in [0.25, 0.3) is 0 Å². The van der Waals surface area contributed by atoms with Crippen LogP contribution < -0.4 is 10.6 Å². The van der Waals surface area contributed by atoms with Crippen molar-refractivity contribution >= 4 is 17.7 Å². The Morgan fingerprint density at radius 2 is 2.07 bits per heavy atom. The normalized spacial score (nSPS) is 16.5. The van der Waals surface area contributed by atoms with E-state index in [9.17, 15) is 0 Å². The maximum Gasteiger partial charge on any atom is 0.191 e. The van der Waals surface area contributed by atoms with Crippen LogP contribution in [0.3, 0.4) is 0 Å². The summed E-state index contributed by atoms with van der Waals surface area (Å²) in [4.78, 5) is 7.24. The van der Waals surface area contributed by atoms with Crippen LogP contribution in [0.15, 0.2) is 17.1 Å². The number of aryl methyl sites for hydroxylation is 1. The predicted octanol–water partition coefficient (Wildman–Crippen LogP) is 1.95. The summed E-state index contributed by atoms with van der Waals surface area (Å²) in [5.41, 5.74) is 1.23. The standard InChI is InChI=1S/C19H35N7S/c1-15(2)14-26-10-7-17(8-11-26)22-19(20-9-6-12-27-5)21-13-18-24-23-16(3)25(18)4/h17H,1,6-14H2,2-5H3,(H2,20,21,22). The van der Waals surface area contributed by atoms with Crippen molar-refractivity contribution in [1.82, 2.24) is 30.3 Å². The fraction of sp³-hybridized carbons (Fsp3) is 0.737. The van der Waals surface area contributed by atoms with Crippen LogP contribution in [0.5, 0.6) is 0 Å². The van der Waals surface area contributed by atoms with E-state index in [1.54, 1.807) is 0 Å². The topological polar surface area (TPSA) is 70.4 Å². The first-order chi connectivity index (χ1) is 13.0. The first-order valence-corrected chi connectivity index (χ1v) is 11.1. The second-order valence-corrected chi connectivity index (χ2v) is 8.30. The molecular weight excluding hydrogens is 358 g/mol. The van der Waals surface area contributed by atoms with Crippen LogP contribution in [-0.4, -0.2) is 69.9 Å². The molecule has 0 spiro atoms. The van der Waals surface area contributed by atoms with Crippen molar-refractivity contribution < 1.29 is 0 Å². The molecule has 1 aromatic heterocycles. The monoisotopic (exact) mass is 393 g/mol. The van der Waals surface area contributed by atoms with Crippen LogP contribution in [-0.2, 0) is 13.6 Å². The van der Waals surface area contributed by atoms with Gasteiger partial charge in [-0.15, -0.1) is 10.2 Å². The van der Waals surface area contributed by atoms with Gasteiger partial charge in [0.1, 0.15) is 12.4 Å². The molecule has 1 aliphatic rings. The third-order valence-electron chi connectivity index (χ3n) is 4.80. The van der Waals surface area contributed by atoms with Gasteiger partial charge in [-0.25, -0.2) is 4.99 Å². The molecule has 0 radical (unpaired) electrons. The largest absolute Gasteiger partial charge is 0.356 e. The van der Waals surface area contributed by atoms with Crippen LogP contribution in [0.1, 0.15) is 37.8 Å². The van der Waals surface area contributed by atoms with Gasteiger partial charge in [0, 0.05) is 39.3 Å². The molecule has 0 aliphatic carbocycles. The Balaban J connectivity index is 1.90. The molecular formula is C19H35N7S. The van der Waals surface area contributed by atoms with E-state index >= 15 is 0 Å². The summed E-state index contributed by atoms with van der Waals surface area (Å²) in [5, 5.41) is 15.4. The molecule has 152 valence electrons. The molecule has 8 heteroatoms. The van der Waals surface area contributed by atoms with Crippen LogP contribution in [0.25, 0.3) is 0 Å². The molecule has 2 rings (SSSR count). The third-order valence-corrected chi connectivity index (χ3v) is 5.50. The lowest BCUT2D eigenvalue weighted by atomic mass is 10.0. The first kappa shape index (κ1) is 21.8. The summed E-state index contributed by atoms with van der Waals surface area (Å²) in [6, 6.07) is 0.458. The molecule has 27 heavy (non-hydrogen) atoms. The van der Waals surface area contributed by atoms with Gasteiger partial charge in [-0.1, -0.05) is 12.2 Å². The summed E-state index contributed by atoms with van der Waals surface area (Å²) >= 11 is 1.87. The minimum Gasteiger partial charge on any atom is -0.356 e. The molecule has 1 saturated heterocycles. The number of hydrogen-bond donors (Lipinski definition) is 2. The predicted molar refractivity (Wildman–Crippen MR) is 115 cm³/mol. The molecule has 1 fully saturated rings. The van der Waals surface area contributed by atoms with Crippen molar-refractivity contribution in [3.05, 3.63) is 23.8 Å². The fourth-order valence-corrected chi connectivity index (χ4v) is 3.56. The molecule has 0 saturated carbocycles. The third kappa shape index (κ3) is 7.54. The minimum atomic E-state index is 0.458. The zero-order chi connectivity index (χ0) is 19.6. The van der Waals surface area contributed by atoms with Crippen LogP contribution in [0, 0.1) is 6.92 Å². The second kappa shape index (κ2) is 11.3. The quantitative estimate of drug-likeness (QED) is 0.289. The summed E-state index contributed by atoms with van der Waals surface area (Å²) in [5.74, 6) is 3.83. The van der Waals surface area contributed by atoms with Crippen LogP contribution in [0.2, 0.25) is 0 Å². The van der Waals surface area contributed by atoms with Crippen molar-refractivity contribution in [1.29, 1.82) is 0 Å². The van der Waals surface area contributed by atoms with E-state index < -0.39 is 0 Å². The number of nitrogens with zero attached hydrogens (tertiary/aromatic N) is 5. The molecule has 1 aromatic rings. The van der Waals surface area contributed by atoms with Gasteiger partial charge in [0.05, 0.1) is 0 Å². The highest BCUT2D eigenvalue weighted by Crippen LogP contribution is 2.11. The van der Waals surface area contributed by atoms with Gasteiger partial charge in [0.15, 0.2) is 11.8 Å². The van der Waals surface area contributed by atoms with Gasteiger partial charge < -0.3 is 15.2 Å². The molecule has 7 nitrogen and oxygen atoms in total. The van der Waals surface area contributed by atoms with E-state index in [0.717, 1.165) is 68.8 Å². The molecule has 0 amide bonds. The zero-order valence-electron chi connectivity index (χ0n) is 17.3. The number of piperidine rings is 1. The van der Waals surface area contributed by atoms with Crippen molar-refractivity contribution in [2.75, 3.05) is 38.2 Å². The number of nitrogens with one attached hydrogen (secondary N) is 2. The first-order valence-electron chi connectivity index (χ1n) is 9.75. The lowest BCUT2D eigenvalue weighted by Gasteiger charge is -2.33. The molecule has 2 N–H and O–H groups in total. The van der Waals surface area contributed by atoms with Gasteiger partial charge in [-0.3, -0.25) is 4.90 Å². The van der Waals surface area contributed by atoms with E-state index in [2.05, 4.69) is 45.5 Å². The van der Waals surface area contributed by atoms with Crippen LogP contribution >= 0.6 is 11.8 Å². The Bertz CT molecular complexity index is 618. The molecule has 2 heterocycles. The van der Waals surface area contributed by atoms with Crippen LogP contribution in [0.4, 0.5) is 0 Å². The molecule has 0 atom stereocenters. The average Bonchev–Trinajstić information content (AvgIpc) is 2.96. The lowest BCUT2D eigenvalue weighted by Crippen LogP contribution is -2.49. The Morgan fingerprint density at radius 1 is 1.33 bits per heavy atom. The highest BCUT2D eigenvalue weighted by molar-refractivity contribution is 7.98. The minimum absolute atomic E-state index is 0.458.